The second-order valence-electron chi connectivity index (χ2n) is 2.38. The molecular formula is C7H10N2. The molecule has 48 valence electrons. The normalized spacial score (nSPS) is 31.1. The fourth-order valence-electron chi connectivity index (χ4n) is 1.26. The van der Waals surface area contributed by atoms with Crippen LogP contribution in [0.25, 0.3) is 0 Å². The van der Waals surface area contributed by atoms with Gasteiger partial charge in [-0.3, -0.25) is 5.32 Å². The molecule has 0 aromatic rings. The van der Waals surface area contributed by atoms with Gasteiger partial charge in [-0.05, 0) is 24.3 Å². The third kappa shape index (κ3) is 0.754. The van der Waals surface area contributed by atoms with Crippen molar-refractivity contribution in [1.29, 1.82) is 0 Å². The summed E-state index contributed by atoms with van der Waals surface area (Å²) in [5.74, 6) is 0. The summed E-state index contributed by atoms with van der Waals surface area (Å²) in [6, 6.07) is 0. The first-order valence-electron chi connectivity index (χ1n) is 3.33. The third-order valence-electron chi connectivity index (χ3n) is 1.74. The molecule has 0 aliphatic carbocycles. The van der Waals surface area contributed by atoms with Crippen molar-refractivity contribution in [3.05, 3.63) is 23.9 Å². The van der Waals surface area contributed by atoms with Gasteiger partial charge in [-0.25, -0.2) is 0 Å². The summed E-state index contributed by atoms with van der Waals surface area (Å²) < 4.78 is 0. The molecule has 0 saturated carbocycles. The van der Waals surface area contributed by atoms with Crippen molar-refractivity contribution in [2.75, 3.05) is 6.54 Å². The average molecular weight is 122 g/mol. The van der Waals surface area contributed by atoms with E-state index in [9.17, 15) is 0 Å². The summed E-state index contributed by atoms with van der Waals surface area (Å²) >= 11 is 0. The van der Waals surface area contributed by atoms with Gasteiger partial charge in [0, 0.05) is 6.54 Å². The molecule has 0 aromatic carbocycles. The van der Waals surface area contributed by atoms with E-state index >= 15 is 0 Å². The molecule has 2 N–H and O–H groups in total. The molecule has 9 heavy (non-hydrogen) atoms. The van der Waals surface area contributed by atoms with E-state index < -0.39 is 0 Å². The van der Waals surface area contributed by atoms with Crippen molar-refractivity contribution in [3.8, 4) is 0 Å². The molecule has 0 amide bonds. The molecule has 2 aliphatic heterocycles. The Morgan fingerprint density at radius 1 is 1.56 bits per heavy atom. The second kappa shape index (κ2) is 1.88. The first-order valence-corrected chi connectivity index (χ1v) is 3.33. The quantitative estimate of drug-likeness (QED) is 0.484. The van der Waals surface area contributed by atoms with E-state index in [1.165, 1.54) is 5.57 Å². The molecule has 2 nitrogen and oxygen atoms in total. The van der Waals surface area contributed by atoms with Gasteiger partial charge in [-0.15, -0.1) is 0 Å². The largest absolute Gasteiger partial charge is 0.372 e. The lowest BCUT2D eigenvalue weighted by Gasteiger charge is -2.18. The molecule has 0 bridgehead atoms. The van der Waals surface area contributed by atoms with Crippen LogP contribution in [-0.4, -0.2) is 12.7 Å². The van der Waals surface area contributed by atoms with Gasteiger partial charge in [0.2, 0.25) is 0 Å². The Morgan fingerprint density at radius 3 is 3.44 bits per heavy atom. The van der Waals surface area contributed by atoms with Gasteiger partial charge < -0.3 is 5.32 Å². The highest BCUT2D eigenvalue weighted by Crippen LogP contribution is 2.12. The maximum absolute atomic E-state index is 3.34. The van der Waals surface area contributed by atoms with Crippen LogP contribution in [0.2, 0.25) is 0 Å². The Bertz CT molecular complexity index is 170. The van der Waals surface area contributed by atoms with Crippen molar-refractivity contribution in [2.24, 2.45) is 0 Å². The van der Waals surface area contributed by atoms with E-state index in [0.29, 0.717) is 6.17 Å². The molecule has 0 fully saturated rings. The predicted molar refractivity (Wildman–Crippen MR) is 36.8 cm³/mol. The van der Waals surface area contributed by atoms with Gasteiger partial charge in [-0.1, -0.05) is 6.08 Å². The van der Waals surface area contributed by atoms with E-state index in [2.05, 4.69) is 22.8 Å². The standard InChI is InChI=1S/C7H10N2/c1-2-6-3-5-9-7(6)8-4-1/h2-3,5,7-9H,1,4H2. The van der Waals surface area contributed by atoms with Crippen LogP contribution in [0.1, 0.15) is 6.42 Å². The van der Waals surface area contributed by atoms with Gasteiger partial charge in [0.05, 0.1) is 0 Å². The summed E-state index contributed by atoms with van der Waals surface area (Å²) in [7, 11) is 0. The lowest BCUT2D eigenvalue weighted by Crippen LogP contribution is -2.40. The molecule has 2 heteroatoms. The molecule has 0 aromatic heterocycles. The second-order valence-corrected chi connectivity index (χ2v) is 2.38. The van der Waals surface area contributed by atoms with E-state index in [1.807, 2.05) is 6.20 Å². The monoisotopic (exact) mass is 122 g/mol. The summed E-state index contributed by atoms with van der Waals surface area (Å²) in [6.45, 7) is 1.10. The van der Waals surface area contributed by atoms with Crippen LogP contribution in [0, 0.1) is 0 Å². The summed E-state index contributed by atoms with van der Waals surface area (Å²) in [5, 5.41) is 6.54. The molecule has 0 saturated heterocycles. The molecule has 1 unspecified atom stereocenters. The van der Waals surface area contributed by atoms with Crippen LogP contribution >= 0.6 is 0 Å². The molecule has 2 rings (SSSR count). The number of rotatable bonds is 0. The zero-order valence-corrected chi connectivity index (χ0v) is 5.22. The van der Waals surface area contributed by atoms with Crippen LogP contribution in [0.4, 0.5) is 0 Å². The Hall–Kier alpha value is -0.760. The highest BCUT2D eigenvalue weighted by atomic mass is 15.1. The molecular weight excluding hydrogens is 112 g/mol. The van der Waals surface area contributed by atoms with E-state index in [1.54, 1.807) is 0 Å². The minimum atomic E-state index is 0.416. The summed E-state index contributed by atoms with van der Waals surface area (Å²) in [4.78, 5) is 0. The predicted octanol–water partition coefficient (Wildman–Crippen LogP) is 0.349. The van der Waals surface area contributed by atoms with Gasteiger partial charge in [0.15, 0.2) is 0 Å². The van der Waals surface area contributed by atoms with Crippen molar-refractivity contribution in [3.63, 3.8) is 0 Å². The zero-order chi connectivity index (χ0) is 6.10. The SMILES string of the molecule is C1=CC2=CCCNC2N1. The zero-order valence-electron chi connectivity index (χ0n) is 5.22. The van der Waals surface area contributed by atoms with Crippen molar-refractivity contribution < 1.29 is 0 Å². The lowest BCUT2D eigenvalue weighted by molar-refractivity contribution is 0.534. The van der Waals surface area contributed by atoms with Crippen LogP contribution in [0.3, 0.4) is 0 Å². The fourth-order valence-corrected chi connectivity index (χ4v) is 1.26. The van der Waals surface area contributed by atoms with E-state index in [-0.39, 0.29) is 0 Å². The molecule has 0 spiro atoms. The van der Waals surface area contributed by atoms with Crippen LogP contribution in [-0.2, 0) is 0 Å². The molecule has 0 radical (unpaired) electrons. The fraction of sp³-hybridized carbons (Fsp3) is 0.429. The maximum atomic E-state index is 3.34. The van der Waals surface area contributed by atoms with Gasteiger partial charge in [0.1, 0.15) is 6.17 Å². The third-order valence-corrected chi connectivity index (χ3v) is 1.74. The Kier molecular flexibility index (Phi) is 1.06. The highest BCUT2D eigenvalue weighted by Gasteiger charge is 2.16. The average Bonchev–Trinajstić information content (AvgIpc) is 2.33. The number of fused-ring (bicyclic) bond motifs is 1. The van der Waals surface area contributed by atoms with Crippen molar-refractivity contribution in [1.82, 2.24) is 10.6 Å². The topological polar surface area (TPSA) is 24.1 Å². The first-order chi connectivity index (χ1) is 4.47. The maximum Gasteiger partial charge on any atom is 0.102 e. The first kappa shape index (κ1) is 5.06. The number of hydrogen-bond acceptors (Lipinski definition) is 2. The van der Waals surface area contributed by atoms with Crippen molar-refractivity contribution >= 4 is 0 Å². The van der Waals surface area contributed by atoms with Gasteiger partial charge in [-0.2, -0.15) is 0 Å². The minimum absolute atomic E-state index is 0.416. The van der Waals surface area contributed by atoms with Gasteiger partial charge >= 0.3 is 0 Å². The lowest BCUT2D eigenvalue weighted by atomic mass is 10.1. The van der Waals surface area contributed by atoms with Crippen LogP contribution < -0.4 is 10.6 Å². The molecule has 2 aliphatic rings. The summed E-state index contributed by atoms with van der Waals surface area (Å²) in [5.41, 5.74) is 1.39. The Balaban J connectivity index is 2.23. The van der Waals surface area contributed by atoms with Crippen molar-refractivity contribution in [2.45, 2.75) is 12.6 Å². The van der Waals surface area contributed by atoms with Crippen LogP contribution in [0.15, 0.2) is 23.9 Å². The Labute approximate surface area is 54.6 Å². The number of nitrogens with one attached hydrogen (secondary N) is 2. The number of hydrogen-bond donors (Lipinski definition) is 2. The highest BCUT2D eigenvalue weighted by molar-refractivity contribution is 5.30. The Morgan fingerprint density at radius 2 is 2.56 bits per heavy atom. The molecule has 2 heterocycles. The molecule has 1 atom stereocenters. The van der Waals surface area contributed by atoms with E-state index in [0.717, 1.165) is 13.0 Å². The smallest absolute Gasteiger partial charge is 0.102 e. The van der Waals surface area contributed by atoms with Crippen LogP contribution in [0.5, 0.6) is 0 Å². The summed E-state index contributed by atoms with van der Waals surface area (Å²) in [6.07, 6.45) is 7.97. The minimum Gasteiger partial charge on any atom is -0.372 e. The van der Waals surface area contributed by atoms with Gasteiger partial charge in [0.25, 0.3) is 0 Å². The van der Waals surface area contributed by atoms with E-state index in [4.69, 9.17) is 0 Å².